The highest BCUT2D eigenvalue weighted by atomic mass is 32.1. The second kappa shape index (κ2) is 6.02. The number of thiazole rings is 1. The summed E-state index contributed by atoms with van der Waals surface area (Å²) in [4.78, 5) is 31.7. The first-order chi connectivity index (χ1) is 11.7. The Morgan fingerprint density at radius 3 is 2.79 bits per heavy atom. The molecule has 1 aromatic heterocycles. The van der Waals surface area contributed by atoms with Gasteiger partial charge in [-0.2, -0.15) is 0 Å². The molecule has 1 aromatic carbocycles. The smallest absolute Gasteiger partial charge is 0.274 e. The van der Waals surface area contributed by atoms with Crippen molar-refractivity contribution in [2.45, 2.75) is 31.2 Å². The lowest BCUT2D eigenvalue weighted by molar-refractivity contribution is -0.133. The van der Waals surface area contributed by atoms with Crippen molar-refractivity contribution >= 4 is 23.2 Å². The topological polar surface area (TPSA) is 62.3 Å². The molecule has 4 rings (SSSR count). The second-order valence-electron chi connectivity index (χ2n) is 6.36. The van der Waals surface area contributed by atoms with Crippen molar-refractivity contribution in [1.29, 1.82) is 0 Å². The zero-order chi connectivity index (χ0) is 16.6. The minimum absolute atomic E-state index is 0.00175. The van der Waals surface area contributed by atoms with E-state index in [2.05, 4.69) is 10.3 Å². The number of hydrogen-bond acceptors (Lipinski definition) is 4. The average molecular weight is 341 g/mol. The fraction of sp³-hybridized carbons (Fsp3) is 0.389. The molecule has 3 heterocycles. The van der Waals surface area contributed by atoms with E-state index in [0.717, 1.165) is 36.3 Å². The number of carbonyl (C=O) groups is 2. The van der Waals surface area contributed by atoms with Gasteiger partial charge in [0.25, 0.3) is 5.91 Å². The van der Waals surface area contributed by atoms with Crippen LogP contribution in [0.2, 0.25) is 0 Å². The zero-order valence-corrected chi connectivity index (χ0v) is 14.1. The van der Waals surface area contributed by atoms with Crippen LogP contribution in [-0.4, -0.2) is 40.3 Å². The van der Waals surface area contributed by atoms with Gasteiger partial charge in [0, 0.05) is 24.0 Å². The van der Waals surface area contributed by atoms with Crippen LogP contribution in [0, 0.1) is 0 Å². The summed E-state index contributed by atoms with van der Waals surface area (Å²) in [6.07, 6.45) is 3.29. The Hall–Kier alpha value is -2.21. The number of benzene rings is 1. The molecule has 1 N–H and O–H groups in total. The molecule has 1 atom stereocenters. The monoisotopic (exact) mass is 341 g/mol. The van der Waals surface area contributed by atoms with E-state index < -0.39 is 5.54 Å². The predicted octanol–water partition coefficient (Wildman–Crippen LogP) is 2.69. The maximum absolute atomic E-state index is 13.0. The number of likely N-dealkylation sites (tertiary alicyclic amines) is 1. The van der Waals surface area contributed by atoms with E-state index in [0.29, 0.717) is 18.8 Å². The van der Waals surface area contributed by atoms with Crippen molar-refractivity contribution in [3.05, 3.63) is 41.4 Å². The number of piperidine rings is 1. The number of rotatable bonds is 2. The van der Waals surface area contributed by atoms with Gasteiger partial charge >= 0.3 is 0 Å². The molecule has 0 saturated carbocycles. The number of amides is 2. The van der Waals surface area contributed by atoms with E-state index >= 15 is 0 Å². The summed E-state index contributed by atoms with van der Waals surface area (Å²) in [5.74, 6) is -0.124. The Labute approximate surface area is 144 Å². The van der Waals surface area contributed by atoms with Crippen molar-refractivity contribution in [1.82, 2.24) is 15.2 Å². The minimum atomic E-state index is -0.661. The van der Waals surface area contributed by atoms with Gasteiger partial charge in [0.2, 0.25) is 5.91 Å². The summed E-state index contributed by atoms with van der Waals surface area (Å²) in [7, 11) is 0. The number of aromatic nitrogens is 1. The second-order valence-corrected chi connectivity index (χ2v) is 7.21. The SMILES string of the molecule is O=C(c1csc(-c2ccccc2)n1)N1CCCC12CCCNC2=O. The van der Waals surface area contributed by atoms with Crippen LogP contribution in [0.4, 0.5) is 0 Å². The van der Waals surface area contributed by atoms with Crippen LogP contribution in [0.5, 0.6) is 0 Å². The minimum Gasteiger partial charge on any atom is -0.354 e. The van der Waals surface area contributed by atoms with Gasteiger partial charge in [0.05, 0.1) is 0 Å². The summed E-state index contributed by atoms with van der Waals surface area (Å²) in [6, 6.07) is 9.84. The lowest BCUT2D eigenvalue weighted by Crippen LogP contribution is -2.60. The summed E-state index contributed by atoms with van der Waals surface area (Å²) >= 11 is 1.47. The van der Waals surface area contributed by atoms with Gasteiger partial charge < -0.3 is 10.2 Å². The molecule has 24 heavy (non-hydrogen) atoms. The molecule has 2 aromatic rings. The van der Waals surface area contributed by atoms with Gasteiger partial charge in [-0.1, -0.05) is 30.3 Å². The molecule has 124 valence electrons. The highest BCUT2D eigenvalue weighted by molar-refractivity contribution is 7.13. The van der Waals surface area contributed by atoms with Gasteiger partial charge in [-0.05, 0) is 25.7 Å². The Balaban J connectivity index is 1.62. The molecule has 1 unspecified atom stereocenters. The highest BCUT2D eigenvalue weighted by Gasteiger charge is 2.50. The van der Waals surface area contributed by atoms with Crippen LogP contribution >= 0.6 is 11.3 Å². The molecule has 2 fully saturated rings. The van der Waals surface area contributed by atoms with E-state index in [1.807, 2.05) is 30.3 Å². The van der Waals surface area contributed by atoms with E-state index in [9.17, 15) is 9.59 Å². The van der Waals surface area contributed by atoms with Crippen molar-refractivity contribution in [3.8, 4) is 10.6 Å². The molecule has 1 spiro atoms. The number of nitrogens with one attached hydrogen (secondary N) is 1. The fourth-order valence-corrected chi connectivity index (χ4v) is 4.55. The van der Waals surface area contributed by atoms with E-state index in [1.54, 1.807) is 10.3 Å². The summed E-state index contributed by atoms with van der Waals surface area (Å²) < 4.78 is 0. The molecular weight excluding hydrogens is 322 g/mol. The van der Waals surface area contributed by atoms with Crippen molar-refractivity contribution < 1.29 is 9.59 Å². The van der Waals surface area contributed by atoms with Crippen LogP contribution in [0.25, 0.3) is 10.6 Å². The molecule has 0 aliphatic carbocycles. The van der Waals surface area contributed by atoms with Crippen LogP contribution in [0.15, 0.2) is 35.7 Å². The molecule has 0 bridgehead atoms. The van der Waals surface area contributed by atoms with Gasteiger partial charge in [-0.15, -0.1) is 11.3 Å². The molecule has 2 saturated heterocycles. The van der Waals surface area contributed by atoms with Gasteiger partial charge in [-0.25, -0.2) is 4.98 Å². The molecule has 6 heteroatoms. The summed E-state index contributed by atoms with van der Waals surface area (Å²) in [5.41, 5.74) is 0.790. The zero-order valence-electron chi connectivity index (χ0n) is 13.3. The van der Waals surface area contributed by atoms with E-state index in [1.165, 1.54) is 11.3 Å². The number of nitrogens with zero attached hydrogens (tertiary/aromatic N) is 2. The van der Waals surface area contributed by atoms with Gasteiger partial charge in [0.15, 0.2) is 0 Å². The maximum atomic E-state index is 13.0. The molecule has 2 aliphatic rings. The fourth-order valence-electron chi connectivity index (χ4n) is 3.75. The van der Waals surface area contributed by atoms with Crippen molar-refractivity contribution in [3.63, 3.8) is 0 Å². The van der Waals surface area contributed by atoms with Gasteiger partial charge in [-0.3, -0.25) is 9.59 Å². The third-order valence-corrected chi connectivity index (χ3v) is 5.84. The lowest BCUT2D eigenvalue weighted by atomic mass is 9.86. The first-order valence-electron chi connectivity index (χ1n) is 8.32. The average Bonchev–Trinajstić information content (AvgIpc) is 3.26. The maximum Gasteiger partial charge on any atom is 0.274 e. The van der Waals surface area contributed by atoms with E-state index in [4.69, 9.17) is 0 Å². The Bertz CT molecular complexity index is 774. The van der Waals surface area contributed by atoms with Crippen molar-refractivity contribution in [2.24, 2.45) is 0 Å². The van der Waals surface area contributed by atoms with Crippen LogP contribution in [-0.2, 0) is 4.79 Å². The third-order valence-electron chi connectivity index (χ3n) is 4.95. The molecule has 2 aliphatic heterocycles. The molecule has 2 amide bonds. The first-order valence-corrected chi connectivity index (χ1v) is 9.20. The Morgan fingerprint density at radius 2 is 2.00 bits per heavy atom. The van der Waals surface area contributed by atoms with E-state index in [-0.39, 0.29) is 11.8 Å². The number of carbonyl (C=O) groups excluding carboxylic acids is 2. The predicted molar refractivity (Wildman–Crippen MR) is 92.8 cm³/mol. The van der Waals surface area contributed by atoms with Crippen LogP contribution in [0.1, 0.15) is 36.2 Å². The van der Waals surface area contributed by atoms with Crippen LogP contribution < -0.4 is 5.32 Å². The standard InChI is InChI=1S/C18H19N3O2S/c22-16(14-12-24-15(20-14)13-6-2-1-3-7-13)21-11-5-9-18(21)8-4-10-19-17(18)23/h1-3,6-7,12H,4-5,8-11H2,(H,19,23). The summed E-state index contributed by atoms with van der Waals surface area (Å²) in [6.45, 7) is 1.34. The molecule has 0 radical (unpaired) electrons. The van der Waals surface area contributed by atoms with Crippen molar-refractivity contribution in [2.75, 3.05) is 13.1 Å². The lowest BCUT2D eigenvalue weighted by Gasteiger charge is -2.39. The normalized spacial score (nSPS) is 23.5. The summed E-state index contributed by atoms with van der Waals surface area (Å²) in [5, 5.41) is 5.57. The quantitative estimate of drug-likeness (QED) is 0.913. The molecular formula is C18H19N3O2S. The Kier molecular flexibility index (Phi) is 3.84. The van der Waals surface area contributed by atoms with Gasteiger partial charge in [0.1, 0.15) is 16.2 Å². The highest BCUT2D eigenvalue weighted by Crippen LogP contribution is 2.37. The third kappa shape index (κ3) is 2.41. The number of hydrogen-bond donors (Lipinski definition) is 1. The molecule has 5 nitrogen and oxygen atoms in total. The first kappa shape index (κ1) is 15.3. The largest absolute Gasteiger partial charge is 0.354 e. The van der Waals surface area contributed by atoms with Crippen LogP contribution in [0.3, 0.4) is 0 Å². The Morgan fingerprint density at radius 1 is 1.21 bits per heavy atom.